The number of benzene rings is 2. The molecule has 130 valence electrons. The maximum absolute atomic E-state index is 10.7. The van der Waals surface area contributed by atoms with Crippen molar-refractivity contribution in [2.45, 2.75) is 6.54 Å². The fourth-order valence-corrected chi connectivity index (χ4v) is 1.96. The first-order chi connectivity index (χ1) is 10.1. The zero-order valence-electron chi connectivity index (χ0n) is 12.6. The van der Waals surface area contributed by atoms with Crippen LogP contribution in [-0.2, 0) is 6.54 Å². The summed E-state index contributed by atoms with van der Waals surface area (Å²) in [5.41, 5.74) is 2.71. The van der Waals surface area contributed by atoms with Crippen molar-refractivity contribution < 1.29 is 25.2 Å². The SMILES string of the molecule is C[N+](C)(Cc1ccccc1)c1ccccc1.F[P-](F)(F)(F)(F)F. The molecule has 0 aliphatic carbocycles. The van der Waals surface area contributed by atoms with Crippen molar-refractivity contribution >= 4 is 13.5 Å². The minimum atomic E-state index is -10.7. The molecule has 0 fully saturated rings. The molecule has 0 N–H and O–H groups in total. The van der Waals surface area contributed by atoms with Gasteiger partial charge < -0.3 is 0 Å². The summed E-state index contributed by atoms with van der Waals surface area (Å²) in [7, 11) is -6.18. The average Bonchev–Trinajstić information content (AvgIpc) is 2.37. The van der Waals surface area contributed by atoms with Gasteiger partial charge in [-0.2, -0.15) is 0 Å². The van der Waals surface area contributed by atoms with Crippen LogP contribution >= 0.6 is 7.81 Å². The van der Waals surface area contributed by atoms with Crippen LogP contribution in [0.25, 0.3) is 0 Å². The van der Waals surface area contributed by atoms with Gasteiger partial charge >= 0.3 is 33.0 Å². The zero-order chi connectivity index (χ0) is 17.8. The minimum absolute atomic E-state index is 0.880. The molecule has 2 aromatic carbocycles. The summed E-state index contributed by atoms with van der Waals surface area (Å²) in [4.78, 5) is 0. The standard InChI is InChI=1S/C15H18N.F6P/c1-16(2,15-11-7-4-8-12-15)13-14-9-5-3-6-10-14;1-7(2,3,4,5)6/h3-12H,13H2,1-2H3;/q+1;-1. The summed E-state index contributed by atoms with van der Waals surface area (Å²) in [6.45, 7) is 1.02. The van der Waals surface area contributed by atoms with Crippen LogP contribution in [0.15, 0.2) is 60.7 Å². The van der Waals surface area contributed by atoms with Crippen molar-refractivity contribution in [2.75, 3.05) is 14.1 Å². The molecule has 0 aliphatic heterocycles. The van der Waals surface area contributed by atoms with Gasteiger partial charge in [0, 0.05) is 5.56 Å². The topological polar surface area (TPSA) is 0 Å². The van der Waals surface area contributed by atoms with Crippen LogP contribution in [0.5, 0.6) is 0 Å². The Hall–Kier alpha value is -1.59. The Kier molecular flexibility index (Phi) is 4.91. The molecule has 0 spiro atoms. The molecule has 2 rings (SSSR count). The van der Waals surface area contributed by atoms with Crippen LogP contribution in [0.4, 0.5) is 30.9 Å². The molecule has 0 heterocycles. The second-order valence-corrected chi connectivity index (χ2v) is 7.54. The predicted molar refractivity (Wildman–Crippen MR) is 83.8 cm³/mol. The first kappa shape index (κ1) is 19.5. The van der Waals surface area contributed by atoms with Crippen LogP contribution < -0.4 is 4.48 Å². The molecule has 0 aliphatic rings. The van der Waals surface area contributed by atoms with Gasteiger partial charge in [0.1, 0.15) is 12.2 Å². The van der Waals surface area contributed by atoms with E-state index in [4.69, 9.17) is 0 Å². The summed E-state index contributed by atoms with van der Waals surface area (Å²) < 4.78 is 60.1. The molecule has 0 atom stereocenters. The van der Waals surface area contributed by atoms with Crippen molar-refractivity contribution in [3.63, 3.8) is 0 Å². The maximum atomic E-state index is 9.87. The number of hydrogen-bond acceptors (Lipinski definition) is 0. The fourth-order valence-electron chi connectivity index (χ4n) is 1.96. The predicted octanol–water partition coefficient (Wildman–Crippen LogP) is 6.84. The molecule has 0 bridgehead atoms. The van der Waals surface area contributed by atoms with E-state index < -0.39 is 7.81 Å². The quantitative estimate of drug-likeness (QED) is 0.321. The Labute approximate surface area is 131 Å². The Morgan fingerprint density at radius 1 is 0.696 bits per heavy atom. The van der Waals surface area contributed by atoms with Gasteiger partial charge in [-0.1, -0.05) is 48.5 Å². The number of para-hydroxylation sites is 1. The van der Waals surface area contributed by atoms with Gasteiger partial charge in [-0.15, -0.1) is 0 Å². The number of halogens is 6. The monoisotopic (exact) mass is 357 g/mol. The Morgan fingerprint density at radius 2 is 1.04 bits per heavy atom. The summed E-state index contributed by atoms with van der Waals surface area (Å²) in [5.74, 6) is 0. The van der Waals surface area contributed by atoms with Crippen molar-refractivity contribution in [1.29, 1.82) is 0 Å². The third-order valence-electron chi connectivity index (χ3n) is 2.88. The van der Waals surface area contributed by atoms with E-state index in [9.17, 15) is 25.2 Å². The average molecular weight is 357 g/mol. The Balaban J connectivity index is 0.000000322. The van der Waals surface area contributed by atoms with E-state index in [1.54, 1.807) is 0 Å². The van der Waals surface area contributed by atoms with Gasteiger partial charge in [-0.25, -0.2) is 0 Å². The van der Waals surface area contributed by atoms with E-state index in [0.717, 1.165) is 11.0 Å². The summed E-state index contributed by atoms with van der Waals surface area (Å²) in [5, 5.41) is 0. The van der Waals surface area contributed by atoms with E-state index in [-0.39, 0.29) is 0 Å². The number of hydrogen-bond donors (Lipinski definition) is 0. The molecule has 2 aromatic rings. The molecule has 0 saturated carbocycles. The van der Waals surface area contributed by atoms with Gasteiger partial charge in [-0.3, -0.25) is 4.48 Å². The van der Waals surface area contributed by atoms with E-state index in [0.29, 0.717) is 0 Å². The normalized spacial score (nSPS) is 15.0. The molecule has 0 aromatic heterocycles. The molecular formula is C15H18F6NP. The molecule has 0 radical (unpaired) electrons. The van der Waals surface area contributed by atoms with E-state index in [1.807, 2.05) is 0 Å². The Bertz CT molecular complexity index is 612. The van der Waals surface area contributed by atoms with Gasteiger partial charge in [-0.05, 0) is 12.1 Å². The first-order valence-corrected chi connectivity index (χ1v) is 8.65. The van der Waals surface area contributed by atoms with Crippen molar-refractivity contribution in [2.24, 2.45) is 0 Å². The number of rotatable bonds is 3. The Morgan fingerprint density at radius 3 is 1.43 bits per heavy atom. The molecule has 23 heavy (non-hydrogen) atoms. The van der Waals surface area contributed by atoms with E-state index >= 15 is 0 Å². The summed E-state index contributed by atoms with van der Waals surface area (Å²) in [6.07, 6.45) is 0. The third kappa shape index (κ3) is 10.7. The first-order valence-electron chi connectivity index (χ1n) is 6.62. The molecule has 0 amide bonds. The second-order valence-electron chi connectivity index (χ2n) is 5.62. The molecule has 8 heteroatoms. The van der Waals surface area contributed by atoms with Gasteiger partial charge in [0.25, 0.3) is 0 Å². The summed E-state index contributed by atoms with van der Waals surface area (Å²) >= 11 is 0. The van der Waals surface area contributed by atoms with Gasteiger partial charge in [0.05, 0.1) is 14.1 Å². The number of nitrogens with zero attached hydrogens (tertiary/aromatic N) is 1. The van der Waals surface area contributed by atoms with E-state index in [2.05, 4.69) is 74.8 Å². The van der Waals surface area contributed by atoms with Crippen LogP contribution in [0.1, 0.15) is 5.56 Å². The van der Waals surface area contributed by atoms with Crippen LogP contribution in [0, 0.1) is 0 Å². The number of quaternary nitrogens is 1. The van der Waals surface area contributed by atoms with Crippen molar-refractivity contribution in [3.8, 4) is 0 Å². The fraction of sp³-hybridized carbons (Fsp3) is 0.200. The van der Waals surface area contributed by atoms with Crippen LogP contribution in [-0.4, -0.2) is 14.1 Å². The van der Waals surface area contributed by atoms with E-state index in [1.165, 1.54) is 11.3 Å². The van der Waals surface area contributed by atoms with Crippen LogP contribution in [0.2, 0.25) is 0 Å². The molecule has 0 saturated heterocycles. The second kappa shape index (κ2) is 5.80. The van der Waals surface area contributed by atoms with Gasteiger partial charge in [0.2, 0.25) is 0 Å². The van der Waals surface area contributed by atoms with Gasteiger partial charge in [0.15, 0.2) is 0 Å². The molecule has 1 nitrogen and oxygen atoms in total. The van der Waals surface area contributed by atoms with Crippen molar-refractivity contribution in [3.05, 3.63) is 66.2 Å². The third-order valence-corrected chi connectivity index (χ3v) is 2.88. The molecule has 0 unspecified atom stereocenters. The van der Waals surface area contributed by atoms with Crippen LogP contribution in [0.3, 0.4) is 0 Å². The zero-order valence-corrected chi connectivity index (χ0v) is 13.5. The molecular weight excluding hydrogens is 339 g/mol. The van der Waals surface area contributed by atoms with Crippen molar-refractivity contribution in [1.82, 2.24) is 4.48 Å². The summed E-state index contributed by atoms with van der Waals surface area (Å²) in [6, 6.07) is 21.2.